The number of nitrogens with zero attached hydrogens (tertiary/aromatic N) is 1. The molecule has 0 unspecified atom stereocenters. The molecule has 0 aliphatic carbocycles. The molecule has 0 aliphatic rings. The summed E-state index contributed by atoms with van der Waals surface area (Å²) in [6, 6.07) is 10.8. The van der Waals surface area contributed by atoms with E-state index in [2.05, 4.69) is 0 Å². The highest BCUT2D eigenvalue weighted by Crippen LogP contribution is 2.33. The Morgan fingerprint density at radius 1 is 1.10 bits per heavy atom. The minimum Gasteiger partial charge on any atom is -0.506 e. The number of fused-ring (bicyclic) bond motifs is 3. The first-order valence-electron chi connectivity index (χ1n) is 6.29. The van der Waals surface area contributed by atoms with Crippen molar-refractivity contribution >= 4 is 32.8 Å². The van der Waals surface area contributed by atoms with Crippen molar-refractivity contribution in [1.29, 1.82) is 0 Å². The van der Waals surface area contributed by atoms with Crippen LogP contribution in [0, 0.1) is 0 Å². The van der Waals surface area contributed by atoms with Gasteiger partial charge in [0, 0.05) is 18.5 Å². The molecule has 0 atom stereocenters. The summed E-state index contributed by atoms with van der Waals surface area (Å²) in [5.74, 6) is -0.0161. The minimum absolute atomic E-state index is 0.0161. The number of para-hydroxylation sites is 1. The molecule has 0 bridgehead atoms. The van der Waals surface area contributed by atoms with Gasteiger partial charge in [0.1, 0.15) is 11.3 Å². The number of pyridine rings is 1. The van der Waals surface area contributed by atoms with E-state index in [-0.39, 0.29) is 11.2 Å². The fourth-order valence-corrected chi connectivity index (χ4v) is 2.79. The van der Waals surface area contributed by atoms with Gasteiger partial charge < -0.3 is 14.1 Å². The van der Waals surface area contributed by atoms with Crippen molar-refractivity contribution in [3.05, 3.63) is 52.9 Å². The number of aryl methyl sites for hydroxylation is 1. The Balaban J connectivity index is 2.43. The van der Waals surface area contributed by atoms with E-state index in [0.29, 0.717) is 27.3 Å². The lowest BCUT2D eigenvalue weighted by Gasteiger charge is -2.11. The molecule has 4 rings (SSSR count). The second-order valence-electron chi connectivity index (χ2n) is 4.86. The smallest absolute Gasteiger partial charge is 0.200 e. The van der Waals surface area contributed by atoms with Gasteiger partial charge in [-0.3, -0.25) is 4.79 Å². The quantitative estimate of drug-likeness (QED) is 0.497. The van der Waals surface area contributed by atoms with E-state index in [0.717, 1.165) is 5.52 Å². The summed E-state index contributed by atoms with van der Waals surface area (Å²) in [6.07, 6.45) is 1.51. The van der Waals surface area contributed by atoms with Gasteiger partial charge in [-0.05, 0) is 18.2 Å². The van der Waals surface area contributed by atoms with Crippen molar-refractivity contribution in [1.82, 2.24) is 4.57 Å². The molecular weight excluding hydrogens is 254 g/mol. The first-order chi connectivity index (χ1) is 9.68. The van der Waals surface area contributed by atoms with Crippen LogP contribution >= 0.6 is 0 Å². The van der Waals surface area contributed by atoms with Gasteiger partial charge in [-0.2, -0.15) is 0 Å². The summed E-state index contributed by atoms with van der Waals surface area (Å²) >= 11 is 0. The Labute approximate surface area is 113 Å². The zero-order chi connectivity index (χ0) is 13.9. The number of aromatic hydroxyl groups is 1. The van der Waals surface area contributed by atoms with Gasteiger partial charge in [-0.25, -0.2) is 0 Å². The van der Waals surface area contributed by atoms with Crippen molar-refractivity contribution < 1.29 is 9.52 Å². The molecule has 0 radical (unpaired) electrons. The summed E-state index contributed by atoms with van der Waals surface area (Å²) in [5.41, 5.74) is 1.90. The topological polar surface area (TPSA) is 55.4 Å². The van der Waals surface area contributed by atoms with Crippen molar-refractivity contribution in [3.63, 3.8) is 0 Å². The van der Waals surface area contributed by atoms with Crippen LogP contribution in [0.15, 0.2) is 51.9 Å². The Bertz CT molecular complexity index is 1040. The molecule has 0 saturated heterocycles. The SMILES string of the molecule is Cn1c2ccccc2c(=O)c2c(O)c3ccoc3cc21. The van der Waals surface area contributed by atoms with E-state index in [9.17, 15) is 9.90 Å². The van der Waals surface area contributed by atoms with Crippen LogP contribution in [0.3, 0.4) is 0 Å². The fourth-order valence-electron chi connectivity index (χ4n) is 2.79. The number of hydrogen-bond acceptors (Lipinski definition) is 3. The third kappa shape index (κ3) is 1.23. The molecule has 1 N–H and O–H groups in total. The number of rotatable bonds is 0. The van der Waals surface area contributed by atoms with E-state index < -0.39 is 0 Å². The van der Waals surface area contributed by atoms with E-state index >= 15 is 0 Å². The third-order valence-corrected chi connectivity index (χ3v) is 3.81. The Kier molecular flexibility index (Phi) is 2.02. The molecule has 0 spiro atoms. The van der Waals surface area contributed by atoms with Gasteiger partial charge in [0.15, 0.2) is 0 Å². The maximum Gasteiger partial charge on any atom is 0.200 e. The second kappa shape index (κ2) is 3.63. The molecule has 2 heterocycles. The van der Waals surface area contributed by atoms with Crippen molar-refractivity contribution in [2.75, 3.05) is 0 Å². The first-order valence-corrected chi connectivity index (χ1v) is 6.29. The van der Waals surface area contributed by atoms with Crippen LogP contribution in [0.5, 0.6) is 5.75 Å². The highest BCUT2D eigenvalue weighted by atomic mass is 16.3. The predicted octanol–water partition coefficient (Wildman–Crippen LogP) is 3.14. The van der Waals surface area contributed by atoms with Crippen LogP contribution in [0.2, 0.25) is 0 Å². The first kappa shape index (κ1) is 11.1. The average molecular weight is 265 g/mol. The van der Waals surface area contributed by atoms with E-state index in [1.165, 1.54) is 6.26 Å². The lowest BCUT2D eigenvalue weighted by Crippen LogP contribution is -2.09. The maximum absolute atomic E-state index is 12.6. The van der Waals surface area contributed by atoms with Crippen LogP contribution in [-0.4, -0.2) is 9.67 Å². The lowest BCUT2D eigenvalue weighted by molar-refractivity contribution is 0.487. The van der Waals surface area contributed by atoms with Gasteiger partial charge in [0.25, 0.3) is 0 Å². The molecule has 98 valence electrons. The number of phenols is 1. The largest absolute Gasteiger partial charge is 0.506 e. The van der Waals surface area contributed by atoms with Crippen molar-refractivity contribution in [3.8, 4) is 5.75 Å². The minimum atomic E-state index is -0.158. The highest BCUT2D eigenvalue weighted by Gasteiger charge is 2.16. The van der Waals surface area contributed by atoms with Crippen LogP contribution in [-0.2, 0) is 7.05 Å². The molecule has 0 fully saturated rings. The zero-order valence-electron chi connectivity index (χ0n) is 10.8. The monoisotopic (exact) mass is 265 g/mol. The summed E-state index contributed by atoms with van der Waals surface area (Å²) < 4.78 is 7.23. The van der Waals surface area contributed by atoms with Crippen molar-refractivity contribution in [2.45, 2.75) is 0 Å². The highest BCUT2D eigenvalue weighted by molar-refractivity contribution is 6.05. The maximum atomic E-state index is 12.6. The van der Waals surface area contributed by atoms with Crippen LogP contribution < -0.4 is 5.43 Å². The van der Waals surface area contributed by atoms with Gasteiger partial charge in [0.2, 0.25) is 5.43 Å². The Hall–Kier alpha value is -2.75. The molecule has 0 amide bonds. The summed E-state index contributed by atoms with van der Waals surface area (Å²) in [6.45, 7) is 0. The normalized spacial score (nSPS) is 11.7. The number of aromatic nitrogens is 1. The van der Waals surface area contributed by atoms with Gasteiger partial charge in [0.05, 0.1) is 28.1 Å². The second-order valence-corrected chi connectivity index (χ2v) is 4.86. The lowest BCUT2D eigenvalue weighted by atomic mass is 10.1. The van der Waals surface area contributed by atoms with E-state index in [1.807, 2.05) is 29.8 Å². The molecule has 2 aromatic carbocycles. The summed E-state index contributed by atoms with van der Waals surface area (Å²) in [4.78, 5) is 12.6. The number of phenolic OH excluding ortho intramolecular Hbond substituents is 1. The molecule has 20 heavy (non-hydrogen) atoms. The average Bonchev–Trinajstić information content (AvgIpc) is 2.93. The molecule has 4 heteroatoms. The molecule has 2 aromatic heterocycles. The fraction of sp³-hybridized carbons (Fsp3) is 0.0625. The molecule has 0 aliphatic heterocycles. The van der Waals surface area contributed by atoms with E-state index in [4.69, 9.17) is 4.42 Å². The number of benzene rings is 2. The molecular formula is C16H11NO3. The molecule has 0 saturated carbocycles. The Morgan fingerprint density at radius 3 is 2.75 bits per heavy atom. The standard InChI is InChI=1S/C16H11NO3/c1-17-11-5-3-2-4-9(11)15(18)14-12(17)8-13-10(16(14)19)6-7-20-13/h2-8,19H,1H3. The summed E-state index contributed by atoms with van der Waals surface area (Å²) in [7, 11) is 1.87. The summed E-state index contributed by atoms with van der Waals surface area (Å²) in [5, 5.41) is 11.9. The molecule has 4 aromatic rings. The molecule has 4 nitrogen and oxygen atoms in total. The third-order valence-electron chi connectivity index (χ3n) is 3.81. The van der Waals surface area contributed by atoms with Gasteiger partial charge in [-0.1, -0.05) is 12.1 Å². The predicted molar refractivity (Wildman–Crippen MR) is 78.1 cm³/mol. The van der Waals surface area contributed by atoms with Crippen molar-refractivity contribution in [2.24, 2.45) is 7.05 Å². The Morgan fingerprint density at radius 2 is 1.90 bits per heavy atom. The van der Waals surface area contributed by atoms with Crippen LogP contribution in [0.1, 0.15) is 0 Å². The van der Waals surface area contributed by atoms with E-state index in [1.54, 1.807) is 18.2 Å². The zero-order valence-corrected chi connectivity index (χ0v) is 10.8. The number of hydrogen-bond donors (Lipinski definition) is 1. The van der Waals surface area contributed by atoms with Gasteiger partial charge in [-0.15, -0.1) is 0 Å². The number of furan rings is 1. The van der Waals surface area contributed by atoms with Crippen LogP contribution in [0.25, 0.3) is 32.8 Å². The van der Waals surface area contributed by atoms with Gasteiger partial charge >= 0.3 is 0 Å². The van der Waals surface area contributed by atoms with Crippen LogP contribution in [0.4, 0.5) is 0 Å².